The number of unbranched alkanes of at least 4 members (excludes halogenated alkanes) is 2. The van der Waals surface area contributed by atoms with E-state index in [9.17, 15) is 0 Å². The van der Waals surface area contributed by atoms with Gasteiger partial charge in [0.25, 0.3) is 0 Å². The van der Waals surface area contributed by atoms with E-state index in [1.54, 1.807) is 0 Å². The van der Waals surface area contributed by atoms with Crippen molar-refractivity contribution in [2.75, 3.05) is 0 Å². The van der Waals surface area contributed by atoms with Crippen LogP contribution in [0.2, 0.25) is 0 Å². The maximum absolute atomic E-state index is 2.44. The summed E-state index contributed by atoms with van der Waals surface area (Å²) in [7, 11) is 0. The molecule has 0 N–H and O–H groups in total. The monoisotopic (exact) mass is 226 g/mol. The molecule has 0 nitrogen and oxygen atoms in total. The molecule has 0 rings (SSSR count). The molecule has 0 aliphatic carbocycles. The zero-order valence-corrected chi connectivity index (χ0v) is 12.6. The van der Waals surface area contributed by atoms with Gasteiger partial charge in [-0.15, -0.1) is 0 Å². The van der Waals surface area contributed by atoms with E-state index in [0.717, 1.165) is 11.8 Å². The Morgan fingerprint density at radius 2 is 1.25 bits per heavy atom. The van der Waals surface area contributed by atoms with Crippen LogP contribution in [0.4, 0.5) is 0 Å². The van der Waals surface area contributed by atoms with Crippen LogP contribution in [0.3, 0.4) is 0 Å². The van der Waals surface area contributed by atoms with Crippen LogP contribution in [0.5, 0.6) is 0 Å². The van der Waals surface area contributed by atoms with E-state index in [0.29, 0.717) is 5.41 Å². The van der Waals surface area contributed by atoms with Crippen LogP contribution >= 0.6 is 0 Å². The summed E-state index contributed by atoms with van der Waals surface area (Å²) in [4.78, 5) is 0. The van der Waals surface area contributed by atoms with Gasteiger partial charge in [-0.05, 0) is 36.5 Å². The molecule has 0 atom stereocenters. The normalized spacial score (nSPS) is 12.8. The third kappa shape index (κ3) is 5.37. The maximum Gasteiger partial charge on any atom is -0.0272 e. The lowest BCUT2D eigenvalue weighted by Gasteiger charge is -2.40. The van der Waals surface area contributed by atoms with E-state index in [2.05, 4.69) is 41.5 Å². The fourth-order valence-electron chi connectivity index (χ4n) is 3.01. The Morgan fingerprint density at radius 3 is 1.50 bits per heavy atom. The average Bonchev–Trinajstić information content (AvgIpc) is 2.21. The average molecular weight is 226 g/mol. The van der Waals surface area contributed by atoms with Crippen LogP contribution in [0.25, 0.3) is 0 Å². The summed E-state index contributed by atoms with van der Waals surface area (Å²) in [5.74, 6) is 1.68. The molecule has 0 unspecified atom stereocenters. The molecule has 16 heavy (non-hydrogen) atoms. The van der Waals surface area contributed by atoms with E-state index in [1.165, 1.54) is 44.9 Å². The Balaban J connectivity index is 4.59. The van der Waals surface area contributed by atoms with Crippen LogP contribution in [0.1, 0.15) is 86.5 Å². The molecule has 0 aromatic heterocycles. The minimum absolute atomic E-state index is 0.625. The fraction of sp³-hybridized carbons (Fsp3) is 1.00. The Bertz CT molecular complexity index is 147. The highest BCUT2D eigenvalue weighted by atomic mass is 14.4. The van der Waals surface area contributed by atoms with Gasteiger partial charge in [-0.3, -0.25) is 0 Å². The number of hydrogen-bond donors (Lipinski definition) is 0. The first-order valence-electron chi connectivity index (χ1n) is 7.48. The second kappa shape index (κ2) is 8.14. The van der Waals surface area contributed by atoms with Crippen molar-refractivity contribution in [3.05, 3.63) is 0 Å². The molecule has 0 aliphatic rings. The van der Waals surface area contributed by atoms with Crippen molar-refractivity contribution in [1.82, 2.24) is 0 Å². The predicted molar refractivity (Wildman–Crippen MR) is 75.8 cm³/mol. The molecule has 0 aromatic carbocycles. The quantitative estimate of drug-likeness (QED) is 0.448. The van der Waals surface area contributed by atoms with E-state index in [4.69, 9.17) is 0 Å². The van der Waals surface area contributed by atoms with Gasteiger partial charge in [0.05, 0.1) is 0 Å². The van der Waals surface area contributed by atoms with Crippen molar-refractivity contribution >= 4 is 0 Å². The Hall–Kier alpha value is 0. The zero-order valence-electron chi connectivity index (χ0n) is 12.6. The van der Waals surface area contributed by atoms with Gasteiger partial charge in [-0.2, -0.15) is 0 Å². The van der Waals surface area contributed by atoms with Crippen LogP contribution in [-0.4, -0.2) is 0 Å². The molecule has 0 radical (unpaired) electrons. The first kappa shape index (κ1) is 16.0. The highest BCUT2D eigenvalue weighted by molar-refractivity contribution is 4.83. The molecule has 0 spiro atoms. The lowest BCUT2D eigenvalue weighted by Crippen LogP contribution is -2.29. The highest BCUT2D eigenvalue weighted by Crippen LogP contribution is 2.43. The Kier molecular flexibility index (Phi) is 8.14. The molecule has 0 fully saturated rings. The van der Waals surface area contributed by atoms with Crippen LogP contribution < -0.4 is 0 Å². The highest BCUT2D eigenvalue weighted by Gasteiger charge is 2.32. The first-order valence-corrected chi connectivity index (χ1v) is 7.48. The summed E-state index contributed by atoms with van der Waals surface area (Å²) >= 11 is 0. The molecule has 0 saturated heterocycles. The molecule has 0 heteroatoms. The summed E-state index contributed by atoms with van der Waals surface area (Å²) in [6.45, 7) is 14.3. The third-order valence-electron chi connectivity index (χ3n) is 4.10. The third-order valence-corrected chi connectivity index (χ3v) is 4.10. The van der Waals surface area contributed by atoms with Crippen molar-refractivity contribution in [3.8, 4) is 0 Å². The van der Waals surface area contributed by atoms with E-state index < -0.39 is 0 Å². The smallest absolute Gasteiger partial charge is 0.0272 e. The SMILES string of the molecule is CCCCC(CCCC)(CC(C)C)C(C)C. The van der Waals surface area contributed by atoms with E-state index >= 15 is 0 Å². The van der Waals surface area contributed by atoms with Gasteiger partial charge in [-0.1, -0.05) is 67.2 Å². The van der Waals surface area contributed by atoms with Gasteiger partial charge in [0, 0.05) is 0 Å². The van der Waals surface area contributed by atoms with Gasteiger partial charge < -0.3 is 0 Å². The molecule has 0 aliphatic heterocycles. The summed E-state index contributed by atoms with van der Waals surface area (Å²) < 4.78 is 0. The second-order valence-electron chi connectivity index (χ2n) is 6.32. The molecule has 0 bridgehead atoms. The molecule has 0 amide bonds. The maximum atomic E-state index is 2.44. The van der Waals surface area contributed by atoms with Crippen molar-refractivity contribution < 1.29 is 0 Å². The van der Waals surface area contributed by atoms with E-state index in [-0.39, 0.29) is 0 Å². The molecule has 98 valence electrons. The molecule has 0 heterocycles. The van der Waals surface area contributed by atoms with Crippen molar-refractivity contribution in [2.24, 2.45) is 17.3 Å². The van der Waals surface area contributed by atoms with Crippen LogP contribution in [0, 0.1) is 17.3 Å². The second-order valence-corrected chi connectivity index (χ2v) is 6.32. The standard InChI is InChI=1S/C16H34/c1-7-9-11-16(15(5)6,12-10-8-2)13-14(3)4/h14-15H,7-13H2,1-6H3. The van der Waals surface area contributed by atoms with E-state index in [1.807, 2.05) is 0 Å². The van der Waals surface area contributed by atoms with Crippen LogP contribution in [0.15, 0.2) is 0 Å². The summed E-state index contributed by atoms with van der Waals surface area (Å²) in [5.41, 5.74) is 0.625. The first-order chi connectivity index (χ1) is 7.48. The summed E-state index contributed by atoms with van der Waals surface area (Å²) in [5, 5.41) is 0. The zero-order chi connectivity index (χ0) is 12.6. The molecular formula is C16H34. The Morgan fingerprint density at radius 1 is 0.812 bits per heavy atom. The van der Waals surface area contributed by atoms with Crippen molar-refractivity contribution in [1.29, 1.82) is 0 Å². The lowest BCUT2D eigenvalue weighted by molar-refractivity contribution is 0.110. The Labute approximate surface area is 104 Å². The minimum atomic E-state index is 0.625. The summed E-state index contributed by atoms with van der Waals surface area (Å²) in [6.07, 6.45) is 9.82. The molecular weight excluding hydrogens is 192 g/mol. The fourth-order valence-corrected chi connectivity index (χ4v) is 3.01. The van der Waals surface area contributed by atoms with Crippen molar-refractivity contribution in [3.63, 3.8) is 0 Å². The molecule has 0 saturated carbocycles. The largest absolute Gasteiger partial charge is 0.0654 e. The van der Waals surface area contributed by atoms with Gasteiger partial charge in [-0.25, -0.2) is 0 Å². The topological polar surface area (TPSA) is 0 Å². The van der Waals surface area contributed by atoms with Gasteiger partial charge in [0.2, 0.25) is 0 Å². The minimum Gasteiger partial charge on any atom is -0.0654 e. The molecule has 0 aromatic rings. The van der Waals surface area contributed by atoms with Gasteiger partial charge >= 0.3 is 0 Å². The van der Waals surface area contributed by atoms with Crippen molar-refractivity contribution in [2.45, 2.75) is 86.5 Å². The lowest BCUT2D eigenvalue weighted by atomic mass is 9.66. The number of hydrogen-bond acceptors (Lipinski definition) is 0. The van der Waals surface area contributed by atoms with Gasteiger partial charge in [0.1, 0.15) is 0 Å². The predicted octanol–water partition coefficient (Wildman–Crippen LogP) is 6.06. The van der Waals surface area contributed by atoms with Gasteiger partial charge in [0.15, 0.2) is 0 Å². The summed E-state index contributed by atoms with van der Waals surface area (Å²) in [6, 6.07) is 0. The van der Waals surface area contributed by atoms with Crippen LogP contribution in [-0.2, 0) is 0 Å². The number of rotatable bonds is 9.